The largest absolute Gasteiger partial charge is 0.321 e. The fourth-order valence-electron chi connectivity index (χ4n) is 2.02. The number of nitrogens with one attached hydrogen (secondary N) is 1. The van der Waals surface area contributed by atoms with Gasteiger partial charge in [-0.2, -0.15) is 0 Å². The van der Waals surface area contributed by atoms with E-state index in [4.69, 9.17) is 0 Å². The third-order valence-corrected chi connectivity index (χ3v) is 4.13. The molecule has 7 heteroatoms. The average Bonchev–Trinajstić information content (AvgIpc) is 2.90. The molecule has 0 unspecified atom stereocenters. The minimum Gasteiger partial charge on any atom is -0.321 e. The van der Waals surface area contributed by atoms with Crippen molar-refractivity contribution >= 4 is 38.7 Å². The van der Waals surface area contributed by atoms with Crippen LogP contribution in [-0.4, -0.2) is 10.8 Å². The van der Waals surface area contributed by atoms with Crippen LogP contribution in [0.1, 0.15) is 9.67 Å². The molecular weight excluding hydrogens is 307 g/mol. The van der Waals surface area contributed by atoms with Gasteiger partial charge in [0.2, 0.25) is 0 Å². The number of fused-ring (bicyclic) bond motifs is 1. The molecule has 2 aromatic carbocycles. The predicted octanol–water partition coefficient (Wildman–Crippen LogP) is 4.20. The molecule has 0 fully saturated rings. The van der Waals surface area contributed by atoms with Crippen LogP contribution in [0.2, 0.25) is 0 Å². The first kappa shape index (κ1) is 14.2. The second kappa shape index (κ2) is 5.53. The average molecular weight is 316 g/mol. The smallest absolute Gasteiger partial charge is 0.270 e. The molecule has 0 bridgehead atoms. The normalized spacial score (nSPS) is 10.6. The highest BCUT2D eigenvalue weighted by Gasteiger charge is 2.13. The monoisotopic (exact) mass is 316 g/mol. The zero-order chi connectivity index (χ0) is 15.7. The number of rotatable bonds is 3. The Balaban J connectivity index is 1.89. The Bertz CT molecular complexity index is 891. The standard InChI is InChI=1S/C15H9FN2O3S/c16-10-2-1-3-11(8-10)17-15(19)14-7-9-6-12(18(20)21)4-5-13(9)22-14/h1-8H,(H,17,19). The maximum atomic E-state index is 13.1. The Morgan fingerprint density at radius 2 is 2.00 bits per heavy atom. The number of thiophene rings is 1. The van der Waals surface area contributed by atoms with Crippen molar-refractivity contribution in [3.63, 3.8) is 0 Å². The number of carbonyl (C=O) groups excluding carboxylic acids is 1. The van der Waals surface area contributed by atoms with Crippen LogP contribution in [0.15, 0.2) is 48.5 Å². The van der Waals surface area contributed by atoms with E-state index in [0.717, 1.165) is 4.70 Å². The SMILES string of the molecule is O=C(Nc1cccc(F)c1)c1cc2cc([N+](=O)[O-])ccc2s1. The summed E-state index contributed by atoms with van der Waals surface area (Å²) < 4.78 is 13.9. The van der Waals surface area contributed by atoms with E-state index in [2.05, 4.69) is 5.32 Å². The number of nitro benzene ring substituents is 1. The summed E-state index contributed by atoms with van der Waals surface area (Å²) in [6, 6.07) is 11.6. The van der Waals surface area contributed by atoms with E-state index < -0.39 is 10.7 Å². The molecule has 0 spiro atoms. The molecule has 1 amide bonds. The molecule has 0 aliphatic heterocycles. The Kier molecular flexibility index (Phi) is 3.56. The first-order valence-electron chi connectivity index (χ1n) is 6.28. The first-order chi connectivity index (χ1) is 10.5. The van der Waals surface area contributed by atoms with Gasteiger partial charge in [0.05, 0.1) is 9.80 Å². The van der Waals surface area contributed by atoms with Gasteiger partial charge in [0.25, 0.3) is 11.6 Å². The summed E-state index contributed by atoms with van der Waals surface area (Å²) >= 11 is 1.22. The minimum atomic E-state index is -0.483. The van der Waals surface area contributed by atoms with Crippen LogP contribution in [0.3, 0.4) is 0 Å². The molecule has 0 atom stereocenters. The summed E-state index contributed by atoms with van der Waals surface area (Å²) in [4.78, 5) is 22.8. The van der Waals surface area contributed by atoms with Crippen LogP contribution in [0.5, 0.6) is 0 Å². The lowest BCUT2D eigenvalue weighted by Gasteiger charge is -2.02. The van der Waals surface area contributed by atoms with Gasteiger partial charge < -0.3 is 5.32 Å². The van der Waals surface area contributed by atoms with Crippen LogP contribution < -0.4 is 5.32 Å². The molecule has 5 nitrogen and oxygen atoms in total. The van der Waals surface area contributed by atoms with Crippen molar-refractivity contribution in [1.29, 1.82) is 0 Å². The number of benzene rings is 2. The number of nitro groups is 1. The van der Waals surface area contributed by atoms with Crippen LogP contribution in [0.4, 0.5) is 15.8 Å². The molecule has 3 rings (SSSR count). The van der Waals surface area contributed by atoms with E-state index in [1.54, 1.807) is 18.2 Å². The van der Waals surface area contributed by atoms with E-state index in [9.17, 15) is 19.3 Å². The van der Waals surface area contributed by atoms with Crippen LogP contribution in [-0.2, 0) is 0 Å². The fourth-order valence-corrected chi connectivity index (χ4v) is 2.95. The van der Waals surface area contributed by atoms with Gasteiger partial charge in [-0.25, -0.2) is 4.39 Å². The van der Waals surface area contributed by atoms with Gasteiger partial charge in [0, 0.05) is 27.9 Å². The summed E-state index contributed by atoms with van der Waals surface area (Å²) in [6.45, 7) is 0. The number of hydrogen-bond acceptors (Lipinski definition) is 4. The van der Waals surface area contributed by atoms with Gasteiger partial charge in [-0.15, -0.1) is 11.3 Å². The zero-order valence-electron chi connectivity index (χ0n) is 11.1. The Hall–Kier alpha value is -2.80. The van der Waals surface area contributed by atoms with Crippen molar-refractivity contribution in [1.82, 2.24) is 0 Å². The van der Waals surface area contributed by atoms with Crippen molar-refractivity contribution in [2.45, 2.75) is 0 Å². The number of non-ortho nitro benzene ring substituents is 1. The van der Waals surface area contributed by atoms with Gasteiger partial charge in [0.15, 0.2) is 0 Å². The second-order valence-electron chi connectivity index (χ2n) is 4.55. The molecule has 0 aliphatic carbocycles. The van der Waals surface area contributed by atoms with Gasteiger partial charge in [-0.05, 0) is 30.3 Å². The molecule has 0 radical (unpaired) electrons. The Morgan fingerprint density at radius 3 is 2.73 bits per heavy atom. The number of halogens is 1. The lowest BCUT2D eigenvalue weighted by molar-refractivity contribution is -0.384. The van der Waals surface area contributed by atoms with Crippen molar-refractivity contribution in [3.8, 4) is 0 Å². The van der Waals surface area contributed by atoms with Crippen LogP contribution in [0.25, 0.3) is 10.1 Å². The maximum Gasteiger partial charge on any atom is 0.270 e. The lowest BCUT2D eigenvalue weighted by Crippen LogP contribution is -2.09. The minimum absolute atomic E-state index is 0.0256. The number of hydrogen-bond donors (Lipinski definition) is 1. The summed E-state index contributed by atoms with van der Waals surface area (Å²) in [7, 11) is 0. The van der Waals surface area contributed by atoms with E-state index in [1.165, 1.54) is 41.7 Å². The topological polar surface area (TPSA) is 72.2 Å². The van der Waals surface area contributed by atoms with Crippen LogP contribution in [0, 0.1) is 15.9 Å². The molecular formula is C15H9FN2O3S. The highest BCUT2D eigenvalue weighted by atomic mass is 32.1. The Morgan fingerprint density at radius 1 is 1.18 bits per heavy atom. The molecule has 0 saturated carbocycles. The van der Waals surface area contributed by atoms with E-state index in [-0.39, 0.29) is 11.6 Å². The van der Waals surface area contributed by atoms with Crippen molar-refractivity contribution in [2.75, 3.05) is 5.32 Å². The maximum absolute atomic E-state index is 13.1. The van der Waals surface area contributed by atoms with Gasteiger partial charge >= 0.3 is 0 Å². The van der Waals surface area contributed by atoms with E-state index in [1.807, 2.05) is 0 Å². The summed E-state index contributed by atoms with van der Waals surface area (Å²) in [6.07, 6.45) is 0. The molecule has 110 valence electrons. The van der Waals surface area contributed by atoms with Crippen molar-refractivity contribution in [3.05, 3.63) is 69.3 Å². The summed E-state index contributed by atoms with van der Waals surface area (Å²) in [5.74, 6) is -0.820. The third kappa shape index (κ3) is 2.79. The molecule has 22 heavy (non-hydrogen) atoms. The number of nitrogens with zero attached hydrogens (tertiary/aromatic N) is 1. The Labute approximate surface area is 128 Å². The number of carbonyl (C=O) groups is 1. The van der Waals surface area contributed by atoms with E-state index >= 15 is 0 Å². The molecule has 0 saturated heterocycles. The second-order valence-corrected chi connectivity index (χ2v) is 5.64. The number of anilines is 1. The molecule has 1 aromatic heterocycles. The quantitative estimate of drug-likeness (QED) is 0.581. The first-order valence-corrected chi connectivity index (χ1v) is 7.09. The van der Waals surface area contributed by atoms with Gasteiger partial charge in [0.1, 0.15) is 5.82 Å². The van der Waals surface area contributed by atoms with Crippen molar-refractivity contribution in [2.24, 2.45) is 0 Å². The summed E-state index contributed by atoms with van der Waals surface area (Å²) in [5.41, 5.74) is 0.329. The fraction of sp³-hybridized carbons (Fsp3) is 0. The van der Waals surface area contributed by atoms with Crippen LogP contribution >= 0.6 is 11.3 Å². The molecule has 0 aliphatic rings. The van der Waals surface area contributed by atoms with Crippen molar-refractivity contribution < 1.29 is 14.1 Å². The molecule has 1 N–H and O–H groups in total. The number of amides is 1. The lowest BCUT2D eigenvalue weighted by atomic mass is 10.2. The zero-order valence-corrected chi connectivity index (χ0v) is 11.9. The van der Waals surface area contributed by atoms with Gasteiger partial charge in [-0.3, -0.25) is 14.9 Å². The summed E-state index contributed by atoms with van der Waals surface area (Å²) in [5, 5.41) is 14.0. The predicted molar refractivity (Wildman–Crippen MR) is 82.8 cm³/mol. The van der Waals surface area contributed by atoms with Gasteiger partial charge in [-0.1, -0.05) is 6.07 Å². The highest BCUT2D eigenvalue weighted by Crippen LogP contribution is 2.29. The third-order valence-electron chi connectivity index (χ3n) is 3.02. The van der Waals surface area contributed by atoms with E-state index in [0.29, 0.717) is 16.0 Å². The molecule has 3 aromatic rings. The molecule has 1 heterocycles. The highest BCUT2D eigenvalue weighted by molar-refractivity contribution is 7.20.